The fourth-order valence-electron chi connectivity index (χ4n) is 2.56. The lowest BCUT2D eigenvalue weighted by molar-refractivity contribution is 0.281. The van der Waals surface area contributed by atoms with E-state index in [0.29, 0.717) is 23.9 Å². The number of anilines is 1. The number of hydrogen-bond donors (Lipinski definition) is 2. The SMILES string of the molecule is COc1cccc2nc(/N=N/c3ccc(N(CCO)CCO)cc3)sc12. The van der Waals surface area contributed by atoms with Crippen LogP contribution in [-0.2, 0) is 0 Å². The number of aliphatic hydroxyl groups is 2. The molecule has 3 aromatic rings. The number of ether oxygens (including phenoxy) is 1. The van der Waals surface area contributed by atoms with E-state index in [1.165, 1.54) is 11.3 Å². The highest BCUT2D eigenvalue weighted by Gasteiger charge is 2.08. The molecule has 26 heavy (non-hydrogen) atoms. The van der Waals surface area contributed by atoms with E-state index in [9.17, 15) is 0 Å². The minimum absolute atomic E-state index is 0.0303. The van der Waals surface area contributed by atoms with Crippen LogP contribution in [0, 0.1) is 0 Å². The van der Waals surface area contributed by atoms with Crippen LogP contribution in [-0.4, -0.2) is 48.6 Å². The minimum atomic E-state index is 0.0303. The first kappa shape index (κ1) is 18.2. The average Bonchev–Trinajstić information content (AvgIpc) is 3.10. The van der Waals surface area contributed by atoms with E-state index >= 15 is 0 Å². The molecule has 136 valence electrons. The van der Waals surface area contributed by atoms with Crippen molar-refractivity contribution in [1.82, 2.24) is 4.98 Å². The van der Waals surface area contributed by atoms with Crippen molar-refractivity contribution in [3.63, 3.8) is 0 Å². The smallest absolute Gasteiger partial charge is 0.231 e. The summed E-state index contributed by atoms with van der Waals surface area (Å²) in [6.07, 6.45) is 0. The van der Waals surface area contributed by atoms with Crippen molar-refractivity contribution in [1.29, 1.82) is 0 Å². The van der Waals surface area contributed by atoms with Crippen LogP contribution in [0.15, 0.2) is 52.7 Å². The topological polar surface area (TPSA) is 90.5 Å². The Morgan fingerprint density at radius 3 is 2.42 bits per heavy atom. The molecule has 0 aliphatic heterocycles. The van der Waals surface area contributed by atoms with Crippen LogP contribution in [0.3, 0.4) is 0 Å². The highest BCUT2D eigenvalue weighted by molar-refractivity contribution is 7.22. The third kappa shape index (κ3) is 4.16. The number of hydrogen-bond acceptors (Lipinski definition) is 8. The van der Waals surface area contributed by atoms with Crippen LogP contribution < -0.4 is 9.64 Å². The second kappa shape index (κ2) is 8.70. The van der Waals surface area contributed by atoms with Gasteiger partial charge in [0, 0.05) is 18.8 Å². The Morgan fingerprint density at radius 2 is 1.77 bits per heavy atom. The number of methoxy groups -OCH3 is 1. The van der Waals surface area contributed by atoms with Crippen LogP contribution in [0.4, 0.5) is 16.5 Å². The number of azo groups is 1. The summed E-state index contributed by atoms with van der Waals surface area (Å²) >= 11 is 1.43. The lowest BCUT2D eigenvalue weighted by atomic mass is 10.2. The van der Waals surface area contributed by atoms with Gasteiger partial charge in [0.25, 0.3) is 0 Å². The molecule has 0 atom stereocenters. The lowest BCUT2D eigenvalue weighted by Gasteiger charge is -2.22. The first-order chi connectivity index (χ1) is 12.7. The Bertz CT molecular complexity index is 874. The predicted octanol–water partition coefficient (Wildman–Crippen LogP) is 3.51. The standard InChI is InChI=1S/C18H20N4O3S/c1-25-16-4-2-3-15-17(16)26-18(19-15)21-20-13-5-7-14(8-6-13)22(9-11-23)10-12-24/h2-8,23-24H,9-12H2,1H3/b21-20+. The second-order valence-corrected chi connectivity index (χ2v) is 6.43. The Kier molecular flexibility index (Phi) is 6.11. The zero-order valence-electron chi connectivity index (χ0n) is 14.4. The van der Waals surface area contributed by atoms with Gasteiger partial charge < -0.3 is 19.8 Å². The van der Waals surface area contributed by atoms with E-state index in [1.807, 2.05) is 47.4 Å². The molecule has 3 rings (SSSR count). The summed E-state index contributed by atoms with van der Waals surface area (Å²) in [5.41, 5.74) is 2.45. The van der Waals surface area contributed by atoms with Gasteiger partial charge in [0.15, 0.2) is 0 Å². The largest absolute Gasteiger partial charge is 0.495 e. The van der Waals surface area contributed by atoms with Crippen molar-refractivity contribution in [3.8, 4) is 5.75 Å². The average molecular weight is 372 g/mol. The highest BCUT2D eigenvalue weighted by atomic mass is 32.1. The number of fused-ring (bicyclic) bond motifs is 1. The van der Waals surface area contributed by atoms with Crippen molar-refractivity contribution < 1.29 is 14.9 Å². The second-order valence-electron chi connectivity index (χ2n) is 5.46. The van der Waals surface area contributed by atoms with Gasteiger partial charge in [0.1, 0.15) is 5.75 Å². The van der Waals surface area contributed by atoms with Gasteiger partial charge in [-0.2, -0.15) is 0 Å². The number of aliphatic hydroxyl groups excluding tert-OH is 2. The van der Waals surface area contributed by atoms with Gasteiger partial charge in [0.05, 0.1) is 36.2 Å². The third-order valence-electron chi connectivity index (χ3n) is 3.79. The molecule has 0 radical (unpaired) electrons. The number of thiazole rings is 1. The Hall–Kier alpha value is -2.55. The molecule has 7 nitrogen and oxygen atoms in total. The molecule has 0 aliphatic carbocycles. The third-order valence-corrected chi connectivity index (χ3v) is 4.76. The van der Waals surface area contributed by atoms with Crippen molar-refractivity contribution >= 4 is 38.1 Å². The lowest BCUT2D eigenvalue weighted by Crippen LogP contribution is -2.29. The Labute approximate surface area is 155 Å². The summed E-state index contributed by atoms with van der Waals surface area (Å²) in [5.74, 6) is 0.777. The molecule has 0 saturated carbocycles. The molecule has 0 saturated heterocycles. The van der Waals surface area contributed by atoms with Crippen molar-refractivity contribution in [3.05, 3.63) is 42.5 Å². The number of nitrogens with zero attached hydrogens (tertiary/aromatic N) is 4. The number of benzene rings is 2. The molecule has 8 heteroatoms. The molecule has 0 fully saturated rings. The first-order valence-corrected chi connectivity index (χ1v) is 8.99. The van der Waals surface area contributed by atoms with Gasteiger partial charge in [0.2, 0.25) is 5.13 Å². The summed E-state index contributed by atoms with van der Waals surface area (Å²) < 4.78 is 6.28. The van der Waals surface area contributed by atoms with Crippen molar-refractivity contribution in [2.75, 3.05) is 38.3 Å². The number of aromatic nitrogens is 1. The van der Waals surface area contributed by atoms with E-state index in [2.05, 4.69) is 15.2 Å². The van der Waals surface area contributed by atoms with Crippen LogP contribution >= 0.6 is 11.3 Å². The monoisotopic (exact) mass is 372 g/mol. The van der Waals surface area contributed by atoms with E-state index in [0.717, 1.165) is 21.7 Å². The zero-order valence-corrected chi connectivity index (χ0v) is 15.2. The summed E-state index contributed by atoms with van der Waals surface area (Å²) in [6, 6.07) is 13.2. The predicted molar refractivity (Wildman–Crippen MR) is 103 cm³/mol. The molecule has 0 spiro atoms. The molecule has 1 heterocycles. The maximum Gasteiger partial charge on any atom is 0.231 e. The highest BCUT2D eigenvalue weighted by Crippen LogP contribution is 2.35. The molecule has 2 N–H and O–H groups in total. The molecule has 1 aromatic heterocycles. The molecule has 0 bridgehead atoms. The van der Waals surface area contributed by atoms with E-state index in [-0.39, 0.29) is 13.2 Å². The zero-order chi connectivity index (χ0) is 18.4. The maximum absolute atomic E-state index is 9.12. The van der Waals surface area contributed by atoms with Gasteiger partial charge in [-0.15, -0.1) is 10.2 Å². The first-order valence-electron chi connectivity index (χ1n) is 8.17. The number of rotatable bonds is 8. The summed E-state index contributed by atoms with van der Waals surface area (Å²) in [4.78, 5) is 6.35. The normalized spacial score (nSPS) is 11.3. The van der Waals surface area contributed by atoms with E-state index in [1.54, 1.807) is 7.11 Å². The fourth-order valence-corrected chi connectivity index (χ4v) is 3.44. The Balaban J connectivity index is 1.76. The minimum Gasteiger partial charge on any atom is -0.495 e. The van der Waals surface area contributed by atoms with Gasteiger partial charge in [-0.25, -0.2) is 4.98 Å². The molecule has 0 amide bonds. The van der Waals surface area contributed by atoms with Gasteiger partial charge in [-0.1, -0.05) is 17.4 Å². The summed E-state index contributed by atoms with van der Waals surface area (Å²) in [7, 11) is 1.63. The van der Waals surface area contributed by atoms with Crippen molar-refractivity contribution in [2.24, 2.45) is 10.2 Å². The van der Waals surface area contributed by atoms with E-state index in [4.69, 9.17) is 14.9 Å². The van der Waals surface area contributed by atoms with Crippen LogP contribution in [0.25, 0.3) is 10.2 Å². The maximum atomic E-state index is 9.12. The quantitative estimate of drug-likeness (QED) is 0.591. The molecule has 0 aliphatic rings. The molecular weight excluding hydrogens is 352 g/mol. The van der Waals surface area contributed by atoms with Crippen LogP contribution in [0.1, 0.15) is 0 Å². The molecule has 0 unspecified atom stereocenters. The van der Waals surface area contributed by atoms with Gasteiger partial charge in [-0.3, -0.25) is 0 Å². The van der Waals surface area contributed by atoms with Gasteiger partial charge in [-0.05, 0) is 36.4 Å². The van der Waals surface area contributed by atoms with E-state index < -0.39 is 0 Å². The molecule has 2 aromatic carbocycles. The summed E-state index contributed by atoms with van der Waals surface area (Å²) in [5, 5.41) is 27.3. The molecular formula is C18H20N4O3S. The van der Waals surface area contributed by atoms with Crippen molar-refractivity contribution in [2.45, 2.75) is 0 Å². The van der Waals surface area contributed by atoms with Crippen LogP contribution in [0.2, 0.25) is 0 Å². The van der Waals surface area contributed by atoms with Crippen LogP contribution in [0.5, 0.6) is 5.75 Å². The van der Waals surface area contributed by atoms with Gasteiger partial charge >= 0.3 is 0 Å². The Morgan fingerprint density at radius 1 is 1.04 bits per heavy atom. The fraction of sp³-hybridized carbons (Fsp3) is 0.278. The summed E-state index contributed by atoms with van der Waals surface area (Å²) in [6.45, 7) is 0.995.